The van der Waals surface area contributed by atoms with Crippen molar-refractivity contribution in [2.75, 3.05) is 5.32 Å². The minimum Gasteiger partial charge on any atom is -0.504 e. The molecule has 0 heterocycles. The van der Waals surface area contributed by atoms with Crippen LogP contribution in [0.15, 0.2) is 36.4 Å². The fourth-order valence-corrected chi connectivity index (χ4v) is 2.74. The van der Waals surface area contributed by atoms with E-state index in [1.165, 1.54) is 0 Å². The molecule has 0 saturated heterocycles. The van der Waals surface area contributed by atoms with Gasteiger partial charge >= 0.3 is 0 Å². The predicted molar refractivity (Wildman–Crippen MR) is 107 cm³/mol. The number of anilines is 1. The molecule has 0 radical (unpaired) electrons. The monoisotopic (exact) mass is 396 g/mol. The van der Waals surface area contributed by atoms with Gasteiger partial charge in [0.2, 0.25) is 0 Å². The molecule has 0 bridgehead atoms. The molecule has 4 nitrogen and oxygen atoms in total. The smallest absolute Gasteiger partial charge is 0.258 e. The molecule has 0 unspecified atom stereocenters. The number of carbonyl (C=O) groups is 1. The van der Waals surface area contributed by atoms with E-state index in [1.807, 2.05) is 20.8 Å². The number of hydrogen-bond acceptors (Lipinski definition) is 3. The first-order valence-corrected chi connectivity index (χ1v) is 8.66. The minimum absolute atomic E-state index is 0.0299. The second kappa shape index (κ2) is 7.60. The van der Waals surface area contributed by atoms with Crippen LogP contribution in [0.1, 0.15) is 36.7 Å². The summed E-state index contributed by atoms with van der Waals surface area (Å²) in [4.78, 5) is 12.2. The van der Waals surface area contributed by atoms with E-state index < -0.39 is 5.91 Å². The van der Waals surface area contributed by atoms with Gasteiger partial charge in [-0.2, -0.15) is 0 Å². The van der Waals surface area contributed by atoms with Crippen molar-refractivity contribution in [2.24, 2.45) is 0 Å². The van der Waals surface area contributed by atoms with Crippen LogP contribution in [0.4, 0.5) is 5.69 Å². The molecule has 0 spiro atoms. The number of nitrogens with one attached hydrogen (secondary N) is 2. The normalized spacial score (nSPS) is 11.1. The summed E-state index contributed by atoms with van der Waals surface area (Å²) in [6.07, 6.45) is 0. The third kappa shape index (κ3) is 4.84. The number of halogens is 2. The van der Waals surface area contributed by atoms with Crippen LogP contribution in [0.5, 0.6) is 5.75 Å². The van der Waals surface area contributed by atoms with Crippen molar-refractivity contribution < 1.29 is 9.90 Å². The number of hydrogen-bond donors (Lipinski definition) is 3. The quantitative estimate of drug-likeness (QED) is 0.486. The summed E-state index contributed by atoms with van der Waals surface area (Å²) in [5.74, 6) is -0.579. The highest BCUT2D eigenvalue weighted by Gasteiger charge is 2.19. The second-order valence-electron chi connectivity index (χ2n) is 6.49. The van der Waals surface area contributed by atoms with Gasteiger partial charge in [-0.3, -0.25) is 10.1 Å². The van der Waals surface area contributed by atoms with E-state index in [9.17, 15) is 9.90 Å². The minimum atomic E-state index is -0.444. The Bertz CT molecular complexity index is 832. The lowest BCUT2D eigenvalue weighted by Gasteiger charge is -2.21. The Morgan fingerprint density at radius 2 is 1.76 bits per heavy atom. The highest BCUT2D eigenvalue weighted by atomic mass is 35.5. The van der Waals surface area contributed by atoms with E-state index in [1.54, 1.807) is 36.4 Å². The zero-order valence-electron chi connectivity index (χ0n) is 14.0. The summed E-state index contributed by atoms with van der Waals surface area (Å²) < 4.78 is 0. The number of phenolic OH excluding ortho intramolecular Hbond substituents is 1. The third-order valence-electron chi connectivity index (χ3n) is 3.52. The molecule has 0 aliphatic carbocycles. The first-order valence-electron chi connectivity index (χ1n) is 7.49. The van der Waals surface area contributed by atoms with Crippen molar-refractivity contribution in [2.45, 2.75) is 26.2 Å². The summed E-state index contributed by atoms with van der Waals surface area (Å²) in [6.45, 7) is 6.07. The Hall–Kier alpha value is -1.82. The number of phenols is 1. The molecule has 0 saturated carbocycles. The van der Waals surface area contributed by atoms with Crippen LogP contribution >= 0.6 is 35.4 Å². The van der Waals surface area contributed by atoms with Crippen LogP contribution < -0.4 is 10.6 Å². The molecule has 3 N–H and O–H groups in total. The number of thiocarbonyl (C=S) groups is 1. The first-order chi connectivity index (χ1) is 11.6. The third-order valence-corrected chi connectivity index (χ3v) is 4.35. The summed E-state index contributed by atoms with van der Waals surface area (Å²) in [5.41, 5.74) is 1.37. The van der Waals surface area contributed by atoms with Crippen molar-refractivity contribution in [3.05, 3.63) is 57.6 Å². The fraction of sp³-hybridized carbons (Fsp3) is 0.222. The molecule has 0 aromatic heterocycles. The molecule has 7 heteroatoms. The van der Waals surface area contributed by atoms with Gasteiger partial charge in [-0.15, -0.1) is 0 Å². The molecule has 1 amide bonds. The van der Waals surface area contributed by atoms with Crippen molar-refractivity contribution in [1.82, 2.24) is 5.32 Å². The molecule has 2 aromatic rings. The van der Waals surface area contributed by atoms with Gasteiger partial charge in [-0.25, -0.2) is 0 Å². The van der Waals surface area contributed by atoms with Crippen molar-refractivity contribution in [3.8, 4) is 5.75 Å². The Labute approximate surface area is 162 Å². The van der Waals surface area contributed by atoms with Gasteiger partial charge in [0, 0.05) is 0 Å². The van der Waals surface area contributed by atoms with Gasteiger partial charge in [0.15, 0.2) is 10.9 Å². The first kappa shape index (κ1) is 19.5. The summed E-state index contributed by atoms with van der Waals surface area (Å²) >= 11 is 17.2. The van der Waals surface area contributed by atoms with E-state index in [2.05, 4.69) is 10.6 Å². The van der Waals surface area contributed by atoms with Gasteiger partial charge in [0.1, 0.15) is 0 Å². The van der Waals surface area contributed by atoms with E-state index in [4.69, 9.17) is 35.4 Å². The maximum absolute atomic E-state index is 12.2. The number of rotatable bonds is 2. The average Bonchev–Trinajstić information content (AvgIpc) is 2.50. The van der Waals surface area contributed by atoms with Gasteiger partial charge in [0.05, 0.1) is 21.3 Å². The van der Waals surface area contributed by atoms with Crippen molar-refractivity contribution >= 4 is 52.1 Å². The molecule has 0 atom stereocenters. The highest BCUT2D eigenvalue weighted by molar-refractivity contribution is 7.80. The molecule has 0 aliphatic rings. The average molecular weight is 397 g/mol. The largest absolute Gasteiger partial charge is 0.504 e. The van der Waals surface area contributed by atoms with E-state index in [-0.39, 0.29) is 21.3 Å². The van der Waals surface area contributed by atoms with Gasteiger partial charge in [-0.05, 0) is 47.5 Å². The van der Waals surface area contributed by atoms with Gasteiger partial charge in [-0.1, -0.05) is 56.1 Å². The van der Waals surface area contributed by atoms with Crippen LogP contribution in [0.2, 0.25) is 10.0 Å². The lowest BCUT2D eigenvalue weighted by atomic mass is 9.87. The zero-order valence-corrected chi connectivity index (χ0v) is 16.3. The van der Waals surface area contributed by atoms with Crippen molar-refractivity contribution in [1.29, 1.82) is 0 Å². The second-order valence-corrected chi connectivity index (χ2v) is 7.71. The Morgan fingerprint density at radius 1 is 1.12 bits per heavy atom. The Balaban J connectivity index is 2.19. The van der Waals surface area contributed by atoms with Crippen molar-refractivity contribution in [3.63, 3.8) is 0 Å². The molecular formula is C18H18Cl2N2O2S. The molecule has 0 fully saturated rings. The molecule has 25 heavy (non-hydrogen) atoms. The SMILES string of the molecule is CC(C)(C)c1cc(Cl)c(O)c(NC(=S)NC(=O)c2ccccc2Cl)c1. The molecule has 132 valence electrons. The topological polar surface area (TPSA) is 61.4 Å². The number of benzene rings is 2. The summed E-state index contributed by atoms with van der Waals surface area (Å²) in [5, 5.41) is 16.0. The fourth-order valence-electron chi connectivity index (χ4n) is 2.10. The van der Waals surface area contributed by atoms with Crippen LogP contribution in [0.25, 0.3) is 0 Å². The van der Waals surface area contributed by atoms with Crippen LogP contribution in [0, 0.1) is 0 Å². The summed E-state index contributed by atoms with van der Waals surface area (Å²) in [7, 11) is 0. The Kier molecular flexibility index (Phi) is 5.93. The maximum atomic E-state index is 12.2. The van der Waals surface area contributed by atoms with Gasteiger partial charge in [0.25, 0.3) is 5.91 Å². The van der Waals surface area contributed by atoms with E-state index in [0.717, 1.165) is 5.56 Å². The number of carbonyl (C=O) groups excluding carboxylic acids is 1. The highest BCUT2D eigenvalue weighted by Crippen LogP contribution is 2.37. The van der Waals surface area contributed by atoms with Crippen LogP contribution in [-0.4, -0.2) is 16.1 Å². The molecule has 0 aliphatic heterocycles. The van der Waals surface area contributed by atoms with E-state index in [0.29, 0.717) is 16.3 Å². The van der Waals surface area contributed by atoms with Crippen LogP contribution in [-0.2, 0) is 5.41 Å². The molecular weight excluding hydrogens is 379 g/mol. The van der Waals surface area contributed by atoms with Crippen LogP contribution in [0.3, 0.4) is 0 Å². The van der Waals surface area contributed by atoms with Gasteiger partial charge < -0.3 is 10.4 Å². The molecule has 2 rings (SSSR count). The zero-order chi connectivity index (χ0) is 18.8. The maximum Gasteiger partial charge on any atom is 0.258 e. The lowest BCUT2D eigenvalue weighted by Crippen LogP contribution is -2.34. The standard InChI is InChI=1S/C18H18Cl2N2O2S/c1-18(2,3)10-8-13(20)15(23)14(9-10)21-17(25)22-16(24)11-6-4-5-7-12(11)19/h4-9,23H,1-3H3,(H2,21,22,24,25). The Morgan fingerprint density at radius 3 is 2.36 bits per heavy atom. The lowest BCUT2D eigenvalue weighted by molar-refractivity contribution is 0.0978. The summed E-state index contributed by atoms with van der Waals surface area (Å²) in [6, 6.07) is 10.1. The van der Waals surface area contributed by atoms with E-state index >= 15 is 0 Å². The number of amides is 1. The number of aromatic hydroxyl groups is 1. The molecule has 2 aromatic carbocycles. The predicted octanol–water partition coefficient (Wildman–Crippen LogP) is 5.12.